The average molecular weight is 383 g/mol. The fourth-order valence-corrected chi connectivity index (χ4v) is 4.33. The van der Waals surface area contributed by atoms with Crippen LogP contribution in [0.15, 0.2) is 27.4 Å². The highest BCUT2D eigenvalue weighted by molar-refractivity contribution is 5.87. The van der Waals surface area contributed by atoms with Gasteiger partial charge < -0.3 is 14.1 Å². The SMILES string of the molecule is Cc1cc2oc(=O)cc(COC(=O)[C@H]3CC(=O)N(C4CCCC4)C3)c2cc1C. The zero-order valence-electron chi connectivity index (χ0n) is 16.3. The average Bonchev–Trinajstić information content (AvgIpc) is 3.30. The van der Waals surface area contributed by atoms with Gasteiger partial charge in [0.25, 0.3) is 0 Å². The Hall–Kier alpha value is -2.63. The summed E-state index contributed by atoms with van der Waals surface area (Å²) in [5, 5.41) is 0.769. The lowest BCUT2D eigenvalue weighted by Gasteiger charge is -2.23. The Morgan fingerprint density at radius 3 is 2.61 bits per heavy atom. The molecule has 1 amide bonds. The zero-order valence-corrected chi connectivity index (χ0v) is 16.3. The summed E-state index contributed by atoms with van der Waals surface area (Å²) in [6.45, 7) is 4.38. The van der Waals surface area contributed by atoms with Gasteiger partial charge in [0.2, 0.25) is 5.91 Å². The van der Waals surface area contributed by atoms with Gasteiger partial charge in [0.05, 0.1) is 5.92 Å². The van der Waals surface area contributed by atoms with Crippen molar-refractivity contribution in [2.75, 3.05) is 6.54 Å². The van der Waals surface area contributed by atoms with Crippen LogP contribution in [-0.2, 0) is 20.9 Å². The van der Waals surface area contributed by atoms with Crippen LogP contribution in [-0.4, -0.2) is 29.4 Å². The van der Waals surface area contributed by atoms with E-state index in [1.807, 2.05) is 30.9 Å². The number of nitrogens with zero attached hydrogens (tertiary/aromatic N) is 1. The molecule has 2 aromatic rings. The molecule has 6 nitrogen and oxygen atoms in total. The lowest BCUT2D eigenvalue weighted by Crippen LogP contribution is -2.35. The van der Waals surface area contributed by atoms with E-state index in [9.17, 15) is 14.4 Å². The first-order chi connectivity index (χ1) is 13.4. The lowest BCUT2D eigenvalue weighted by molar-refractivity contribution is -0.149. The molecule has 28 heavy (non-hydrogen) atoms. The van der Waals surface area contributed by atoms with Crippen molar-refractivity contribution >= 4 is 22.8 Å². The molecular formula is C22H25NO5. The fourth-order valence-electron chi connectivity index (χ4n) is 4.33. The molecular weight excluding hydrogens is 358 g/mol. The number of rotatable bonds is 4. The topological polar surface area (TPSA) is 76.8 Å². The minimum Gasteiger partial charge on any atom is -0.461 e. The van der Waals surface area contributed by atoms with Gasteiger partial charge in [-0.1, -0.05) is 12.8 Å². The third-order valence-electron chi connectivity index (χ3n) is 6.07. The molecule has 1 aromatic heterocycles. The van der Waals surface area contributed by atoms with Crippen LogP contribution in [0.25, 0.3) is 11.0 Å². The Labute approximate surface area is 163 Å². The summed E-state index contributed by atoms with van der Waals surface area (Å²) in [7, 11) is 0. The highest BCUT2D eigenvalue weighted by atomic mass is 16.5. The van der Waals surface area contributed by atoms with Crippen LogP contribution < -0.4 is 5.63 Å². The van der Waals surface area contributed by atoms with E-state index in [-0.39, 0.29) is 30.9 Å². The van der Waals surface area contributed by atoms with Crippen molar-refractivity contribution in [2.45, 2.75) is 58.6 Å². The molecule has 2 heterocycles. The van der Waals surface area contributed by atoms with E-state index < -0.39 is 11.5 Å². The van der Waals surface area contributed by atoms with Crippen LogP contribution in [0, 0.1) is 19.8 Å². The number of amides is 1. The van der Waals surface area contributed by atoms with Gasteiger partial charge in [-0.25, -0.2) is 4.79 Å². The molecule has 0 radical (unpaired) electrons. The standard InChI is InChI=1S/C22H25NO5/c1-13-7-18-16(10-21(25)28-19(18)8-14(13)2)12-27-22(26)15-9-20(24)23(11-15)17-5-3-4-6-17/h7-8,10,15,17H,3-6,9,11-12H2,1-2H3/t15-/m0/s1. The van der Waals surface area contributed by atoms with Crippen LogP contribution in [0.4, 0.5) is 0 Å². The summed E-state index contributed by atoms with van der Waals surface area (Å²) in [5.41, 5.74) is 2.75. The Morgan fingerprint density at radius 2 is 1.86 bits per heavy atom. The van der Waals surface area contributed by atoms with Crippen LogP contribution in [0.5, 0.6) is 0 Å². The summed E-state index contributed by atoms with van der Waals surface area (Å²) in [4.78, 5) is 38.6. The lowest BCUT2D eigenvalue weighted by atomic mass is 10.0. The predicted octanol–water partition coefficient (Wildman–Crippen LogP) is 3.24. The van der Waals surface area contributed by atoms with Crippen LogP contribution in [0.1, 0.15) is 48.8 Å². The quantitative estimate of drug-likeness (QED) is 0.598. The van der Waals surface area contributed by atoms with Gasteiger partial charge in [-0.3, -0.25) is 9.59 Å². The van der Waals surface area contributed by atoms with Gasteiger partial charge in [0.15, 0.2) is 0 Å². The first-order valence-electron chi connectivity index (χ1n) is 9.92. The molecule has 2 aliphatic rings. The number of likely N-dealkylation sites (tertiary alicyclic amines) is 1. The second-order valence-corrected chi connectivity index (χ2v) is 8.02. The normalized spacial score (nSPS) is 20.3. The smallest absolute Gasteiger partial charge is 0.336 e. The number of benzene rings is 1. The van der Waals surface area contributed by atoms with Crippen molar-refractivity contribution in [3.05, 3.63) is 45.3 Å². The van der Waals surface area contributed by atoms with Crippen LogP contribution in [0.2, 0.25) is 0 Å². The van der Waals surface area contributed by atoms with Crippen molar-refractivity contribution in [1.29, 1.82) is 0 Å². The molecule has 1 saturated carbocycles. The number of carbonyl (C=O) groups excluding carboxylic acids is 2. The zero-order chi connectivity index (χ0) is 19.8. The summed E-state index contributed by atoms with van der Waals surface area (Å²) < 4.78 is 10.8. The largest absolute Gasteiger partial charge is 0.461 e. The number of ether oxygens (including phenoxy) is 1. The summed E-state index contributed by atoms with van der Waals surface area (Å²) in [6.07, 6.45) is 4.56. The minimum absolute atomic E-state index is 0.00243. The maximum Gasteiger partial charge on any atom is 0.336 e. The molecule has 0 unspecified atom stereocenters. The maximum absolute atomic E-state index is 12.6. The second-order valence-electron chi connectivity index (χ2n) is 8.02. The van der Waals surface area contributed by atoms with Crippen molar-refractivity contribution < 1.29 is 18.7 Å². The van der Waals surface area contributed by atoms with E-state index in [0.717, 1.165) is 42.2 Å². The first kappa shape index (κ1) is 18.7. The minimum atomic E-state index is -0.467. The Morgan fingerprint density at radius 1 is 1.14 bits per heavy atom. The number of carbonyl (C=O) groups is 2. The maximum atomic E-state index is 12.6. The number of hydrogen-bond donors (Lipinski definition) is 0. The third kappa shape index (κ3) is 3.55. The number of aryl methyl sites for hydroxylation is 2. The number of esters is 1. The van der Waals surface area contributed by atoms with Crippen molar-refractivity contribution in [3.8, 4) is 0 Å². The highest BCUT2D eigenvalue weighted by Crippen LogP contribution is 2.30. The predicted molar refractivity (Wildman–Crippen MR) is 104 cm³/mol. The Bertz CT molecular complexity index is 986. The van der Waals surface area contributed by atoms with E-state index in [4.69, 9.17) is 9.15 Å². The monoisotopic (exact) mass is 383 g/mol. The molecule has 0 N–H and O–H groups in total. The fraction of sp³-hybridized carbons (Fsp3) is 0.500. The van der Waals surface area contributed by atoms with Crippen LogP contribution >= 0.6 is 0 Å². The molecule has 0 bridgehead atoms. The third-order valence-corrected chi connectivity index (χ3v) is 6.07. The van der Waals surface area contributed by atoms with Gasteiger partial charge >= 0.3 is 11.6 Å². The Kier molecular flexibility index (Phi) is 4.96. The van der Waals surface area contributed by atoms with Gasteiger partial charge in [-0.15, -0.1) is 0 Å². The van der Waals surface area contributed by atoms with Crippen molar-refractivity contribution in [2.24, 2.45) is 5.92 Å². The van der Waals surface area contributed by atoms with Gasteiger partial charge in [0, 0.05) is 36.0 Å². The molecule has 4 rings (SSSR count). The molecule has 1 atom stereocenters. The molecule has 1 aliphatic carbocycles. The van der Waals surface area contributed by atoms with Gasteiger partial charge in [-0.2, -0.15) is 0 Å². The van der Waals surface area contributed by atoms with Crippen LogP contribution in [0.3, 0.4) is 0 Å². The van der Waals surface area contributed by atoms with Gasteiger partial charge in [0.1, 0.15) is 12.2 Å². The summed E-state index contributed by atoms with van der Waals surface area (Å²) in [5.74, 6) is -0.756. The second kappa shape index (κ2) is 7.41. The Balaban J connectivity index is 1.47. The molecule has 0 spiro atoms. The van der Waals surface area contributed by atoms with E-state index in [1.54, 1.807) is 0 Å². The molecule has 1 aromatic carbocycles. The summed E-state index contributed by atoms with van der Waals surface area (Å²) in [6, 6.07) is 5.42. The van der Waals surface area contributed by atoms with E-state index in [1.165, 1.54) is 6.07 Å². The van der Waals surface area contributed by atoms with Crippen molar-refractivity contribution in [3.63, 3.8) is 0 Å². The number of fused-ring (bicyclic) bond motifs is 1. The van der Waals surface area contributed by atoms with E-state index >= 15 is 0 Å². The van der Waals surface area contributed by atoms with Gasteiger partial charge in [-0.05, 0) is 49.9 Å². The first-order valence-corrected chi connectivity index (χ1v) is 9.92. The number of hydrogen-bond acceptors (Lipinski definition) is 5. The summed E-state index contributed by atoms with van der Waals surface area (Å²) >= 11 is 0. The molecule has 6 heteroatoms. The van der Waals surface area contributed by atoms with E-state index in [2.05, 4.69) is 0 Å². The molecule has 2 fully saturated rings. The molecule has 1 aliphatic heterocycles. The highest BCUT2D eigenvalue weighted by Gasteiger charge is 2.39. The molecule has 148 valence electrons. The molecule has 1 saturated heterocycles. The van der Waals surface area contributed by atoms with E-state index in [0.29, 0.717) is 17.7 Å². The van der Waals surface area contributed by atoms with Crippen molar-refractivity contribution in [1.82, 2.24) is 4.90 Å².